The summed E-state index contributed by atoms with van der Waals surface area (Å²) in [7, 11) is 1.29. The Bertz CT molecular complexity index is 993. The summed E-state index contributed by atoms with van der Waals surface area (Å²) < 4.78 is 6.30. The van der Waals surface area contributed by atoms with E-state index in [0.29, 0.717) is 28.0 Å². The Labute approximate surface area is 146 Å². The topological polar surface area (TPSA) is 90.3 Å². The molecule has 0 saturated carbocycles. The van der Waals surface area contributed by atoms with Gasteiger partial charge in [-0.25, -0.2) is 4.79 Å². The predicted octanol–water partition coefficient (Wildman–Crippen LogP) is 2.27. The summed E-state index contributed by atoms with van der Waals surface area (Å²) in [6.07, 6.45) is 1.39. The molecule has 0 unspecified atom stereocenters. The number of methoxy groups -OCH3 is 1. The minimum Gasteiger partial charge on any atom is -0.465 e. The zero-order valence-corrected chi connectivity index (χ0v) is 14.2. The van der Waals surface area contributed by atoms with E-state index in [0.717, 1.165) is 0 Å². The number of anilines is 1. The van der Waals surface area contributed by atoms with Crippen LogP contribution in [0.1, 0.15) is 16.1 Å². The molecule has 1 N–H and O–H groups in total. The summed E-state index contributed by atoms with van der Waals surface area (Å²) in [5.41, 5.74) is 0.949. The molecule has 0 saturated heterocycles. The Morgan fingerprint density at radius 2 is 2.08 bits per heavy atom. The first-order valence-corrected chi connectivity index (χ1v) is 8.38. The van der Waals surface area contributed by atoms with Gasteiger partial charge in [-0.2, -0.15) is 5.10 Å². The largest absolute Gasteiger partial charge is 0.465 e. The smallest absolute Gasteiger partial charge is 0.350 e. The van der Waals surface area contributed by atoms with E-state index in [-0.39, 0.29) is 17.8 Å². The van der Waals surface area contributed by atoms with Gasteiger partial charge in [-0.15, -0.1) is 11.3 Å². The van der Waals surface area contributed by atoms with E-state index in [4.69, 9.17) is 0 Å². The number of hydrogen-bond donors (Lipinski definition) is 1. The van der Waals surface area contributed by atoms with Crippen molar-refractivity contribution in [3.63, 3.8) is 0 Å². The van der Waals surface area contributed by atoms with Crippen LogP contribution in [0, 0.1) is 0 Å². The molecule has 0 bridgehead atoms. The number of fused-ring (bicyclic) bond motifs is 1. The highest BCUT2D eigenvalue weighted by Gasteiger charge is 2.15. The highest BCUT2D eigenvalue weighted by molar-refractivity contribution is 7.12. The molecule has 3 aromatic rings. The van der Waals surface area contributed by atoms with E-state index < -0.39 is 5.97 Å². The van der Waals surface area contributed by atoms with Crippen LogP contribution < -0.4 is 10.7 Å². The minimum atomic E-state index is -0.488. The normalized spacial score (nSPS) is 10.6. The molecule has 3 rings (SSSR count). The molecule has 8 heteroatoms. The number of hydrogen-bond acceptors (Lipinski definition) is 6. The third kappa shape index (κ3) is 3.58. The van der Waals surface area contributed by atoms with Gasteiger partial charge in [-0.1, -0.05) is 12.1 Å². The number of nitrogens with one attached hydrogen (secondary N) is 1. The van der Waals surface area contributed by atoms with Crippen molar-refractivity contribution >= 4 is 39.8 Å². The number of thiophene rings is 1. The SMILES string of the molecule is COC(=O)c1sccc1NC(=O)CCn1ncc(=O)c2ccccc21. The van der Waals surface area contributed by atoms with Crippen molar-refractivity contribution < 1.29 is 14.3 Å². The lowest BCUT2D eigenvalue weighted by molar-refractivity contribution is -0.116. The van der Waals surface area contributed by atoms with Gasteiger partial charge < -0.3 is 10.1 Å². The van der Waals surface area contributed by atoms with Crippen LogP contribution in [-0.4, -0.2) is 28.8 Å². The van der Waals surface area contributed by atoms with E-state index in [1.54, 1.807) is 34.3 Å². The first kappa shape index (κ1) is 16.8. The van der Waals surface area contributed by atoms with Gasteiger partial charge in [0.15, 0.2) is 0 Å². The van der Waals surface area contributed by atoms with E-state index in [9.17, 15) is 14.4 Å². The van der Waals surface area contributed by atoms with Crippen LogP contribution in [0.4, 0.5) is 5.69 Å². The lowest BCUT2D eigenvalue weighted by atomic mass is 10.2. The van der Waals surface area contributed by atoms with Crippen molar-refractivity contribution in [1.29, 1.82) is 0 Å². The fraction of sp³-hybridized carbons (Fsp3) is 0.176. The Morgan fingerprint density at radius 3 is 2.88 bits per heavy atom. The Kier molecular flexibility index (Phi) is 4.90. The van der Waals surface area contributed by atoms with Crippen LogP contribution in [0.5, 0.6) is 0 Å². The fourth-order valence-corrected chi connectivity index (χ4v) is 3.18. The summed E-state index contributed by atoms with van der Waals surface area (Å²) in [6, 6.07) is 8.77. The van der Waals surface area contributed by atoms with Crippen LogP contribution >= 0.6 is 11.3 Å². The molecule has 0 aliphatic heterocycles. The van der Waals surface area contributed by atoms with E-state index in [1.165, 1.54) is 24.6 Å². The number of nitrogens with zero attached hydrogens (tertiary/aromatic N) is 2. The second-order valence-electron chi connectivity index (χ2n) is 5.20. The average molecular weight is 357 g/mol. The maximum absolute atomic E-state index is 12.2. The zero-order valence-electron chi connectivity index (χ0n) is 13.4. The fourth-order valence-electron chi connectivity index (χ4n) is 2.42. The van der Waals surface area contributed by atoms with Gasteiger partial charge in [-0.05, 0) is 23.6 Å². The van der Waals surface area contributed by atoms with Gasteiger partial charge in [0.2, 0.25) is 11.3 Å². The Morgan fingerprint density at radius 1 is 1.28 bits per heavy atom. The maximum atomic E-state index is 12.2. The van der Waals surface area contributed by atoms with E-state index in [1.807, 2.05) is 6.07 Å². The Hall–Kier alpha value is -3.00. The number of para-hydroxylation sites is 1. The molecule has 2 aromatic heterocycles. The monoisotopic (exact) mass is 357 g/mol. The van der Waals surface area contributed by atoms with Crippen molar-refractivity contribution in [2.24, 2.45) is 0 Å². The molecule has 25 heavy (non-hydrogen) atoms. The number of carbonyl (C=O) groups is 2. The van der Waals surface area contributed by atoms with E-state index in [2.05, 4.69) is 15.2 Å². The quantitative estimate of drug-likeness (QED) is 0.708. The first-order chi connectivity index (χ1) is 12.1. The van der Waals surface area contributed by atoms with Crippen LogP contribution in [0.15, 0.2) is 46.7 Å². The zero-order chi connectivity index (χ0) is 17.8. The van der Waals surface area contributed by atoms with Crippen molar-refractivity contribution in [3.8, 4) is 0 Å². The van der Waals surface area contributed by atoms with Crippen LogP contribution in [0.2, 0.25) is 0 Å². The van der Waals surface area contributed by atoms with Gasteiger partial charge in [0.05, 0.1) is 31.1 Å². The molecular formula is C17H15N3O4S. The summed E-state index contributed by atoms with van der Waals surface area (Å²) in [5.74, 6) is -0.744. The maximum Gasteiger partial charge on any atom is 0.350 e. The number of carbonyl (C=O) groups excluding carboxylic acids is 2. The van der Waals surface area contributed by atoms with Gasteiger partial charge in [0.25, 0.3) is 0 Å². The molecular weight excluding hydrogens is 342 g/mol. The predicted molar refractivity (Wildman–Crippen MR) is 94.9 cm³/mol. The van der Waals surface area contributed by atoms with Crippen LogP contribution in [0.25, 0.3) is 10.9 Å². The standard InChI is InChI=1S/C17H15N3O4S/c1-24-17(23)16-12(7-9-25-16)19-15(22)6-8-20-13-5-3-2-4-11(13)14(21)10-18-20/h2-5,7,9-10H,6,8H2,1H3,(H,19,22). The van der Waals surface area contributed by atoms with Gasteiger partial charge in [0.1, 0.15) is 4.88 Å². The van der Waals surface area contributed by atoms with Crippen molar-refractivity contribution in [3.05, 3.63) is 57.0 Å². The molecule has 128 valence electrons. The van der Waals surface area contributed by atoms with Crippen molar-refractivity contribution in [2.45, 2.75) is 13.0 Å². The lowest BCUT2D eigenvalue weighted by Crippen LogP contribution is -2.18. The third-order valence-electron chi connectivity index (χ3n) is 3.62. The Balaban J connectivity index is 1.72. The van der Waals surface area contributed by atoms with Crippen LogP contribution in [-0.2, 0) is 16.1 Å². The molecule has 1 aromatic carbocycles. The molecule has 0 aliphatic rings. The molecule has 7 nitrogen and oxygen atoms in total. The molecule has 2 heterocycles. The number of aryl methyl sites for hydroxylation is 1. The first-order valence-electron chi connectivity index (χ1n) is 7.50. The number of rotatable bonds is 5. The number of esters is 1. The van der Waals surface area contributed by atoms with Crippen LogP contribution in [0.3, 0.4) is 0 Å². The van der Waals surface area contributed by atoms with Crippen molar-refractivity contribution in [1.82, 2.24) is 9.78 Å². The van der Waals surface area contributed by atoms with Crippen molar-refractivity contribution in [2.75, 3.05) is 12.4 Å². The molecule has 0 fully saturated rings. The molecule has 0 aliphatic carbocycles. The minimum absolute atomic E-state index is 0.149. The second kappa shape index (κ2) is 7.27. The van der Waals surface area contributed by atoms with Gasteiger partial charge in [-0.3, -0.25) is 14.3 Å². The molecule has 0 spiro atoms. The summed E-state index contributed by atoms with van der Waals surface area (Å²) in [6.45, 7) is 0.310. The highest BCUT2D eigenvalue weighted by atomic mass is 32.1. The number of amides is 1. The molecule has 0 radical (unpaired) electrons. The van der Waals surface area contributed by atoms with E-state index >= 15 is 0 Å². The second-order valence-corrected chi connectivity index (χ2v) is 6.12. The number of ether oxygens (including phenoxy) is 1. The molecule has 1 amide bonds. The summed E-state index contributed by atoms with van der Waals surface area (Å²) in [4.78, 5) is 36.0. The summed E-state index contributed by atoms with van der Waals surface area (Å²) >= 11 is 1.20. The number of aromatic nitrogens is 2. The average Bonchev–Trinajstić information content (AvgIpc) is 3.09. The highest BCUT2D eigenvalue weighted by Crippen LogP contribution is 2.23. The number of benzene rings is 1. The molecule has 0 atom stereocenters. The lowest BCUT2D eigenvalue weighted by Gasteiger charge is -2.09. The van der Waals surface area contributed by atoms with Gasteiger partial charge in [0, 0.05) is 11.8 Å². The van der Waals surface area contributed by atoms with Gasteiger partial charge >= 0.3 is 5.97 Å². The summed E-state index contributed by atoms with van der Waals surface area (Å²) in [5, 5.41) is 9.06. The third-order valence-corrected chi connectivity index (χ3v) is 4.52.